The maximum Gasteiger partial charge on any atom is 0.143 e. The van der Waals surface area contributed by atoms with Gasteiger partial charge < -0.3 is 55.1 Å². The fraction of sp³-hybridized carbons (Fsp3) is 1.00. The van der Waals surface area contributed by atoms with E-state index in [1.807, 2.05) is 0 Å². The Labute approximate surface area is 143 Å². The van der Waals surface area contributed by atoms with Gasteiger partial charge in [-0.2, -0.15) is 0 Å². The number of aliphatic hydroxyl groups excluding tert-OH is 8. The minimum atomic E-state index is -1.67. The first-order valence-corrected chi connectivity index (χ1v) is 7.95. The summed E-state index contributed by atoms with van der Waals surface area (Å²) >= 11 is 0. The van der Waals surface area contributed by atoms with Crippen LogP contribution in [0.4, 0.5) is 0 Å². The first kappa shape index (κ1) is 20.9. The Balaban J connectivity index is 1.94. The molecule has 0 amide bonds. The van der Waals surface area contributed by atoms with Gasteiger partial charge in [-0.25, -0.2) is 0 Å². The van der Waals surface area contributed by atoms with Gasteiger partial charge in [0.15, 0.2) is 0 Å². The molecule has 148 valence electrons. The fourth-order valence-electron chi connectivity index (χ4n) is 3.06. The van der Waals surface area contributed by atoms with E-state index in [-0.39, 0.29) is 6.61 Å². The fourth-order valence-corrected chi connectivity index (χ4v) is 3.06. The van der Waals surface area contributed by atoms with Gasteiger partial charge >= 0.3 is 0 Å². The van der Waals surface area contributed by atoms with Crippen molar-refractivity contribution >= 4 is 0 Å². The molecule has 11 heteroatoms. The highest BCUT2D eigenvalue weighted by Crippen LogP contribution is 2.32. The van der Waals surface area contributed by atoms with Crippen molar-refractivity contribution in [2.75, 3.05) is 33.0 Å². The van der Waals surface area contributed by atoms with Gasteiger partial charge in [0.05, 0.1) is 33.0 Å². The van der Waals surface area contributed by atoms with Crippen LogP contribution in [0.15, 0.2) is 0 Å². The van der Waals surface area contributed by atoms with Crippen molar-refractivity contribution in [3.63, 3.8) is 0 Å². The maximum atomic E-state index is 10.0. The van der Waals surface area contributed by atoms with Crippen molar-refractivity contribution in [3.05, 3.63) is 0 Å². The summed E-state index contributed by atoms with van der Waals surface area (Å²) in [5.74, 6) is 0. The minimum absolute atomic E-state index is 0.306. The van der Waals surface area contributed by atoms with E-state index in [2.05, 4.69) is 0 Å². The average Bonchev–Trinajstić information content (AvgIpc) is 2.86. The van der Waals surface area contributed by atoms with Crippen LogP contribution in [0.3, 0.4) is 0 Å². The quantitative estimate of drug-likeness (QED) is 0.214. The van der Waals surface area contributed by atoms with E-state index in [1.165, 1.54) is 0 Å². The predicted molar refractivity (Wildman–Crippen MR) is 78.4 cm³/mol. The van der Waals surface area contributed by atoms with Gasteiger partial charge in [0.25, 0.3) is 0 Å². The molecule has 0 bridgehead atoms. The molecule has 2 aliphatic rings. The molecule has 2 fully saturated rings. The molecule has 9 atom stereocenters. The lowest BCUT2D eigenvalue weighted by atomic mass is 9.95. The molecule has 0 spiro atoms. The van der Waals surface area contributed by atoms with Crippen LogP contribution in [0.2, 0.25) is 0 Å². The smallest absolute Gasteiger partial charge is 0.143 e. The first-order chi connectivity index (χ1) is 11.8. The Morgan fingerprint density at radius 2 is 1.36 bits per heavy atom. The zero-order chi connectivity index (χ0) is 18.8. The predicted octanol–water partition coefficient (Wildman–Crippen LogP) is -5.31. The van der Waals surface area contributed by atoms with Crippen molar-refractivity contribution in [2.24, 2.45) is 0 Å². The Morgan fingerprint density at radius 1 is 0.760 bits per heavy atom. The molecule has 0 aromatic heterocycles. The summed E-state index contributed by atoms with van der Waals surface area (Å²) in [5.41, 5.74) is -1.67. The number of hydrogen-bond acceptors (Lipinski definition) is 11. The largest absolute Gasteiger partial charge is 0.394 e. The second kappa shape index (κ2) is 8.50. The third kappa shape index (κ3) is 3.96. The average molecular weight is 370 g/mol. The highest BCUT2D eigenvalue weighted by Gasteiger charge is 2.54. The Kier molecular flexibility index (Phi) is 7.09. The topological polar surface area (TPSA) is 190 Å². The summed E-state index contributed by atoms with van der Waals surface area (Å²) in [7, 11) is 0. The molecule has 11 nitrogen and oxygen atoms in total. The van der Waals surface area contributed by atoms with E-state index >= 15 is 0 Å². The Hall–Kier alpha value is -0.440. The van der Waals surface area contributed by atoms with Gasteiger partial charge in [0.1, 0.15) is 54.4 Å². The number of hydrogen-bond donors (Lipinski definition) is 8. The summed E-state index contributed by atoms with van der Waals surface area (Å²) in [6.45, 7) is -2.54. The lowest BCUT2D eigenvalue weighted by Gasteiger charge is -2.40. The molecule has 0 aromatic carbocycles. The molecule has 0 radical (unpaired) electrons. The molecular formula is C14H26O11. The molecule has 2 saturated heterocycles. The molecule has 0 aliphatic carbocycles. The van der Waals surface area contributed by atoms with E-state index in [4.69, 9.17) is 24.4 Å². The van der Waals surface area contributed by atoms with Crippen molar-refractivity contribution in [3.8, 4) is 0 Å². The third-order valence-corrected chi connectivity index (χ3v) is 4.70. The van der Waals surface area contributed by atoms with Gasteiger partial charge in [-0.1, -0.05) is 0 Å². The second-order valence-electron chi connectivity index (χ2n) is 6.38. The number of aliphatic hydroxyl groups is 8. The van der Waals surface area contributed by atoms with Crippen molar-refractivity contribution in [1.29, 1.82) is 0 Å². The lowest BCUT2D eigenvalue weighted by Crippen LogP contribution is -2.60. The standard InChI is InChI=1S/C14H26O11/c15-1-6-9(18)12(21)10(19)8(24-6)3-23-5-14(4-17)13(22)11(20)7(2-16)25-14/h6-13,15-22H,1-5H2/t6?,7-,8?,9?,10?,11?,12?,13-,14+/m1/s1. The van der Waals surface area contributed by atoms with Gasteiger partial charge in [0, 0.05) is 0 Å². The van der Waals surface area contributed by atoms with Crippen LogP contribution in [-0.4, -0.2) is 128 Å². The van der Waals surface area contributed by atoms with Crippen LogP contribution < -0.4 is 0 Å². The van der Waals surface area contributed by atoms with Crippen LogP contribution >= 0.6 is 0 Å². The molecule has 0 aromatic rings. The van der Waals surface area contributed by atoms with E-state index in [0.29, 0.717) is 0 Å². The van der Waals surface area contributed by atoms with Gasteiger partial charge in [0.2, 0.25) is 0 Å². The van der Waals surface area contributed by atoms with Crippen LogP contribution in [0.25, 0.3) is 0 Å². The summed E-state index contributed by atoms with van der Waals surface area (Å²) in [6.07, 6.45) is -10.7. The van der Waals surface area contributed by atoms with E-state index in [1.54, 1.807) is 0 Å². The summed E-state index contributed by atoms with van der Waals surface area (Å²) in [6, 6.07) is 0. The normalized spacial score (nSPS) is 48.0. The Bertz CT molecular complexity index is 422. The molecule has 8 N–H and O–H groups in total. The molecule has 25 heavy (non-hydrogen) atoms. The zero-order valence-electron chi connectivity index (χ0n) is 13.5. The number of rotatable bonds is 7. The molecule has 6 unspecified atom stereocenters. The molecule has 0 saturated carbocycles. The molecule has 2 aliphatic heterocycles. The van der Waals surface area contributed by atoms with E-state index < -0.39 is 80.9 Å². The van der Waals surface area contributed by atoms with Crippen LogP contribution in [0.1, 0.15) is 0 Å². The van der Waals surface area contributed by atoms with Gasteiger partial charge in [-0.3, -0.25) is 0 Å². The SMILES string of the molecule is OCC1OC(COC[C@]2(CO)O[C@H](CO)C(O)[C@H]2O)C(O)C(O)C1O. The molecular weight excluding hydrogens is 344 g/mol. The van der Waals surface area contributed by atoms with Crippen molar-refractivity contribution in [1.82, 2.24) is 0 Å². The minimum Gasteiger partial charge on any atom is -0.394 e. The third-order valence-electron chi connectivity index (χ3n) is 4.70. The Morgan fingerprint density at radius 3 is 1.88 bits per heavy atom. The van der Waals surface area contributed by atoms with Crippen LogP contribution in [0, 0.1) is 0 Å². The lowest BCUT2D eigenvalue weighted by molar-refractivity contribution is -0.244. The number of ether oxygens (including phenoxy) is 3. The highest BCUT2D eigenvalue weighted by atomic mass is 16.6. The van der Waals surface area contributed by atoms with E-state index in [9.17, 15) is 30.6 Å². The van der Waals surface area contributed by atoms with Gasteiger partial charge in [-0.15, -0.1) is 0 Å². The summed E-state index contributed by atoms with van der Waals surface area (Å²) < 4.78 is 15.9. The van der Waals surface area contributed by atoms with E-state index in [0.717, 1.165) is 0 Å². The van der Waals surface area contributed by atoms with Crippen molar-refractivity contribution < 1.29 is 55.1 Å². The highest BCUT2D eigenvalue weighted by molar-refractivity contribution is 5.02. The second-order valence-corrected chi connectivity index (χ2v) is 6.38. The van der Waals surface area contributed by atoms with Crippen LogP contribution in [-0.2, 0) is 14.2 Å². The van der Waals surface area contributed by atoms with Crippen LogP contribution in [0.5, 0.6) is 0 Å². The zero-order valence-corrected chi connectivity index (χ0v) is 13.5. The monoisotopic (exact) mass is 370 g/mol. The summed E-state index contributed by atoms with van der Waals surface area (Å²) in [4.78, 5) is 0. The molecule has 2 heterocycles. The first-order valence-electron chi connectivity index (χ1n) is 7.95. The summed E-state index contributed by atoms with van der Waals surface area (Å²) in [5, 5.41) is 76.9. The van der Waals surface area contributed by atoms with Crippen molar-refractivity contribution in [2.45, 2.75) is 54.4 Å². The molecule has 2 rings (SSSR count). The van der Waals surface area contributed by atoms with Gasteiger partial charge in [-0.05, 0) is 0 Å². The maximum absolute atomic E-state index is 10.0.